The van der Waals surface area contributed by atoms with E-state index >= 15 is 0 Å². The van der Waals surface area contributed by atoms with Gasteiger partial charge in [-0.2, -0.15) is 0 Å². The molecule has 0 aromatic heterocycles. The molecular weight excluding hydrogens is 424 g/mol. The van der Waals surface area contributed by atoms with Crippen LogP contribution in [-0.4, -0.2) is 30.8 Å². The Bertz CT molecular complexity index is 1270. The van der Waals surface area contributed by atoms with Crippen LogP contribution in [-0.2, 0) is 4.79 Å². The normalized spacial score (nSPS) is 12.4. The van der Waals surface area contributed by atoms with Gasteiger partial charge < -0.3 is 14.8 Å². The van der Waals surface area contributed by atoms with E-state index in [1.165, 1.54) is 37.4 Å². The van der Waals surface area contributed by atoms with Crippen molar-refractivity contribution in [2.24, 2.45) is 0 Å². The highest BCUT2D eigenvalue weighted by Crippen LogP contribution is 2.31. The van der Waals surface area contributed by atoms with Crippen LogP contribution in [0.5, 0.6) is 11.5 Å². The molecule has 1 N–H and O–H groups in total. The summed E-state index contributed by atoms with van der Waals surface area (Å²) in [5, 5.41) is 2.72. The fourth-order valence-electron chi connectivity index (χ4n) is 3.42. The van der Waals surface area contributed by atoms with E-state index in [2.05, 4.69) is 5.32 Å². The second-order valence-corrected chi connectivity index (χ2v) is 7.19. The largest absolute Gasteiger partial charge is 0.493 e. The molecule has 0 unspecified atom stereocenters. The number of esters is 1. The first-order valence-electron chi connectivity index (χ1n) is 10.2. The summed E-state index contributed by atoms with van der Waals surface area (Å²) in [6, 6.07) is 17.6. The summed E-state index contributed by atoms with van der Waals surface area (Å²) in [5.74, 6) is -1.31. The number of imide groups is 1. The van der Waals surface area contributed by atoms with Crippen molar-refractivity contribution in [3.63, 3.8) is 0 Å². The number of fused-ring (bicyclic) bond motifs is 1. The smallest absolute Gasteiger partial charge is 0.311 e. The first-order chi connectivity index (χ1) is 15.9. The number of amides is 3. The van der Waals surface area contributed by atoms with Crippen molar-refractivity contribution in [3.8, 4) is 11.5 Å². The molecule has 3 amide bonds. The number of carbonyl (C=O) groups is 4. The molecule has 0 aliphatic carbocycles. The Morgan fingerprint density at radius 3 is 2.30 bits per heavy atom. The SMILES string of the molecule is CCC(=O)Oc1ccc(C(=O)Nc2ccc3c(c2)C(=O)N(c2ccccc2)C3=O)cc1OC. The van der Waals surface area contributed by atoms with Crippen LogP contribution >= 0.6 is 0 Å². The lowest BCUT2D eigenvalue weighted by Crippen LogP contribution is -2.29. The Morgan fingerprint density at radius 1 is 0.879 bits per heavy atom. The highest BCUT2D eigenvalue weighted by atomic mass is 16.6. The van der Waals surface area contributed by atoms with E-state index in [0.29, 0.717) is 11.4 Å². The third kappa shape index (κ3) is 4.18. The lowest BCUT2D eigenvalue weighted by molar-refractivity contribution is -0.134. The molecule has 1 aliphatic heterocycles. The van der Waals surface area contributed by atoms with Gasteiger partial charge in [0.15, 0.2) is 11.5 Å². The lowest BCUT2D eigenvalue weighted by atomic mass is 10.1. The molecule has 8 heteroatoms. The number of carbonyl (C=O) groups excluding carboxylic acids is 4. The second kappa shape index (κ2) is 8.96. The third-order valence-corrected chi connectivity index (χ3v) is 5.10. The molecule has 166 valence electrons. The van der Waals surface area contributed by atoms with Gasteiger partial charge in [0.25, 0.3) is 17.7 Å². The number of nitrogens with zero attached hydrogens (tertiary/aromatic N) is 1. The van der Waals surface area contributed by atoms with E-state index in [4.69, 9.17) is 9.47 Å². The molecule has 0 bridgehead atoms. The van der Waals surface area contributed by atoms with Crippen molar-refractivity contribution < 1.29 is 28.7 Å². The van der Waals surface area contributed by atoms with Crippen LogP contribution < -0.4 is 19.7 Å². The van der Waals surface area contributed by atoms with Gasteiger partial charge in [0, 0.05) is 17.7 Å². The molecule has 0 fully saturated rings. The van der Waals surface area contributed by atoms with Gasteiger partial charge in [0.1, 0.15) is 0 Å². The number of anilines is 2. The summed E-state index contributed by atoms with van der Waals surface area (Å²) in [6.45, 7) is 1.67. The number of rotatable bonds is 6. The van der Waals surface area contributed by atoms with Crippen molar-refractivity contribution in [2.75, 3.05) is 17.3 Å². The minimum Gasteiger partial charge on any atom is -0.493 e. The standard InChI is InChI=1S/C25H20N2O6/c1-3-22(28)33-20-12-9-15(13-21(20)32-2)23(29)26-16-10-11-18-19(14-16)25(31)27(24(18)30)17-7-5-4-6-8-17/h4-14H,3H2,1-2H3,(H,26,29). The Balaban J connectivity index is 1.55. The summed E-state index contributed by atoms with van der Waals surface area (Å²) >= 11 is 0. The number of benzene rings is 3. The predicted molar refractivity (Wildman–Crippen MR) is 121 cm³/mol. The van der Waals surface area contributed by atoms with Crippen molar-refractivity contribution >= 4 is 35.1 Å². The average Bonchev–Trinajstić information content (AvgIpc) is 3.08. The van der Waals surface area contributed by atoms with Gasteiger partial charge in [-0.15, -0.1) is 0 Å². The van der Waals surface area contributed by atoms with Crippen LogP contribution in [0.15, 0.2) is 66.7 Å². The van der Waals surface area contributed by atoms with Crippen molar-refractivity contribution in [2.45, 2.75) is 13.3 Å². The predicted octanol–water partition coefficient (Wildman–Crippen LogP) is 4.06. The van der Waals surface area contributed by atoms with E-state index in [9.17, 15) is 19.2 Å². The lowest BCUT2D eigenvalue weighted by Gasteiger charge is -2.13. The Labute approximate surface area is 189 Å². The van der Waals surface area contributed by atoms with Crippen LogP contribution in [0.1, 0.15) is 44.4 Å². The number of ether oxygens (including phenoxy) is 2. The molecule has 0 saturated carbocycles. The molecule has 4 rings (SSSR count). The highest BCUT2D eigenvalue weighted by molar-refractivity contribution is 6.34. The zero-order valence-electron chi connectivity index (χ0n) is 18.0. The summed E-state index contributed by atoms with van der Waals surface area (Å²) in [6.07, 6.45) is 0.201. The fraction of sp³-hybridized carbons (Fsp3) is 0.120. The van der Waals surface area contributed by atoms with Gasteiger partial charge >= 0.3 is 5.97 Å². The van der Waals surface area contributed by atoms with E-state index < -0.39 is 23.7 Å². The number of para-hydroxylation sites is 1. The van der Waals surface area contributed by atoms with Crippen LogP contribution in [0.4, 0.5) is 11.4 Å². The van der Waals surface area contributed by atoms with Gasteiger partial charge in [-0.25, -0.2) is 4.90 Å². The Kier molecular flexibility index (Phi) is 5.91. The van der Waals surface area contributed by atoms with E-state index in [1.54, 1.807) is 43.3 Å². The maximum atomic E-state index is 12.9. The zero-order chi connectivity index (χ0) is 23.5. The molecule has 3 aromatic carbocycles. The Morgan fingerprint density at radius 2 is 1.61 bits per heavy atom. The average molecular weight is 444 g/mol. The van der Waals surface area contributed by atoms with E-state index in [1.807, 2.05) is 0 Å². The van der Waals surface area contributed by atoms with Gasteiger partial charge in [0.05, 0.1) is 23.9 Å². The maximum Gasteiger partial charge on any atom is 0.311 e. The van der Waals surface area contributed by atoms with E-state index in [0.717, 1.165) is 4.90 Å². The van der Waals surface area contributed by atoms with Crippen LogP contribution in [0.3, 0.4) is 0 Å². The molecule has 0 radical (unpaired) electrons. The van der Waals surface area contributed by atoms with Crippen molar-refractivity contribution in [3.05, 3.63) is 83.4 Å². The van der Waals surface area contributed by atoms with Gasteiger partial charge in [-0.05, 0) is 48.5 Å². The molecule has 8 nitrogen and oxygen atoms in total. The van der Waals surface area contributed by atoms with E-state index in [-0.39, 0.29) is 34.6 Å². The van der Waals surface area contributed by atoms with Gasteiger partial charge in [0.2, 0.25) is 0 Å². The highest BCUT2D eigenvalue weighted by Gasteiger charge is 2.36. The molecule has 0 saturated heterocycles. The summed E-state index contributed by atoms with van der Waals surface area (Å²) < 4.78 is 10.4. The number of hydrogen-bond donors (Lipinski definition) is 1. The van der Waals surface area contributed by atoms with Crippen LogP contribution in [0.25, 0.3) is 0 Å². The summed E-state index contributed by atoms with van der Waals surface area (Å²) in [7, 11) is 1.40. The van der Waals surface area contributed by atoms with Crippen molar-refractivity contribution in [1.29, 1.82) is 0 Å². The maximum absolute atomic E-state index is 12.9. The van der Waals surface area contributed by atoms with Gasteiger partial charge in [-0.3, -0.25) is 19.2 Å². The topological polar surface area (TPSA) is 102 Å². The molecule has 0 atom stereocenters. The minimum absolute atomic E-state index is 0.201. The first-order valence-corrected chi connectivity index (χ1v) is 10.2. The summed E-state index contributed by atoms with van der Waals surface area (Å²) in [4.78, 5) is 51.0. The van der Waals surface area contributed by atoms with Crippen LogP contribution in [0, 0.1) is 0 Å². The van der Waals surface area contributed by atoms with Crippen molar-refractivity contribution in [1.82, 2.24) is 0 Å². The van der Waals surface area contributed by atoms with Gasteiger partial charge in [-0.1, -0.05) is 25.1 Å². The second-order valence-electron chi connectivity index (χ2n) is 7.19. The molecule has 0 spiro atoms. The number of nitrogens with one attached hydrogen (secondary N) is 1. The monoisotopic (exact) mass is 444 g/mol. The minimum atomic E-state index is -0.460. The quantitative estimate of drug-likeness (QED) is 0.349. The number of hydrogen-bond acceptors (Lipinski definition) is 6. The number of methoxy groups -OCH3 is 1. The first kappa shape index (κ1) is 21.8. The molecule has 1 heterocycles. The zero-order valence-corrected chi connectivity index (χ0v) is 18.0. The molecular formula is C25H20N2O6. The van der Waals surface area contributed by atoms with Crippen LogP contribution in [0.2, 0.25) is 0 Å². The molecule has 1 aliphatic rings. The molecule has 3 aromatic rings. The molecule has 33 heavy (non-hydrogen) atoms. The Hall–Kier alpha value is -4.46. The fourth-order valence-corrected chi connectivity index (χ4v) is 3.42. The summed E-state index contributed by atoms with van der Waals surface area (Å²) in [5.41, 5.74) is 1.57. The third-order valence-electron chi connectivity index (χ3n) is 5.10.